The quantitative estimate of drug-likeness (QED) is 0.703. The molecule has 0 atom stereocenters. The second-order valence-electron chi connectivity index (χ2n) is 5.39. The summed E-state index contributed by atoms with van der Waals surface area (Å²) in [6.07, 6.45) is 2.38. The van der Waals surface area contributed by atoms with Crippen LogP contribution in [0.2, 0.25) is 0 Å². The second-order valence-corrected chi connectivity index (χ2v) is 6.42. The van der Waals surface area contributed by atoms with E-state index in [-0.39, 0.29) is 0 Å². The van der Waals surface area contributed by atoms with Crippen LogP contribution in [0.4, 0.5) is 5.69 Å². The molecular weight excluding hydrogens is 264 g/mol. The first-order chi connectivity index (χ1) is 9.79. The van der Waals surface area contributed by atoms with Crippen molar-refractivity contribution in [3.05, 3.63) is 47.5 Å². The first-order valence-corrected chi connectivity index (χ1v) is 7.86. The van der Waals surface area contributed by atoms with Crippen molar-refractivity contribution in [1.82, 2.24) is 4.98 Å². The molecule has 0 fully saturated rings. The van der Waals surface area contributed by atoms with Gasteiger partial charge >= 0.3 is 0 Å². The van der Waals surface area contributed by atoms with Gasteiger partial charge < -0.3 is 5.32 Å². The van der Waals surface area contributed by atoms with Gasteiger partial charge in [0.1, 0.15) is 5.01 Å². The summed E-state index contributed by atoms with van der Waals surface area (Å²) in [5, 5.41) is 4.58. The standard InChI is InChI=1S/C17H16N2S/c1-11-4-7-16-15(9-11)19-17(20-16)13-5-6-14-12(10-13)3-2-8-18-14/h4-7,9-10,18H,2-3,8H2,1H3. The normalized spacial score (nSPS) is 14.1. The molecule has 0 saturated heterocycles. The van der Waals surface area contributed by atoms with Gasteiger partial charge in [0.25, 0.3) is 0 Å². The van der Waals surface area contributed by atoms with E-state index < -0.39 is 0 Å². The molecule has 4 rings (SSSR count). The van der Waals surface area contributed by atoms with Crippen LogP contribution < -0.4 is 5.32 Å². The van der Waals surface area contributed by atoms with E-state index in [2.05, 4.69) is 48.6 Å². The highest BCUT2D eigenvalue weighted by Crippen LogP contribution is 2.33. The number of hydrogen-bond donors (Lipinski definition) is 1. The Morgan fingerprint density at radius 3 is 3.05 bits per heavy atom. The van der Waals surface area contributed by atoms with Gasteiger partial charge in [0.05, 0.1) is 10.2 Å². The topological polar surface area (TPSA) is 24.9 Å². The van der Waals surface area contributed by atoms with E-state index in [9.17, 15) is 0 Å². The second kappa shape index (κ2) is 4.60. The summed E-state index contributed by atoms with van der Waals surface area (Å²) >= 11 is 1.78. The third-order valence-corrected chi connectivity index (χ3v) is 4.92. The molecule has 3 aromatic rings. The van der Waals surface area contributed by atoms with Gasteiger partial charge in [0, 0.05) is 17.8 Å². The Morgan fingerprint density at radius 2 is 2.10 bits per heavy atom. The molecule has 1 N–H and O–H groups in total. The summed E-state index contributed by atoms with van der Waals surface area (Å²) < 4.78 is 1.27. The Bertz CT molecular complexity index is 789. The number of rotatable bonds is 1. The molecule has 0 unspecified atom stereocenters. The molecule has 1 aliphatic heterocycles. The number of aryl methyl sites for hydroxylation is 2. The van der Waals surface area contributed by atoms with Gasteiger partial charge in [-0.05, 0) is 61.2 Å². The smallest absolute Gasteiger partial charge is 0.124 e. The summed E-state index contributed by atoms with van der Waals surface area (Å²) in [4.78, 5) is 4.79. The molecule has 20 heavy (non-hydrogen) atoms. The van der Waals surface area contributed by atoms with Gasteiger partial charge in [-0.1, -0.05) is 6.07 Å². The minimum Gasteiger partial charge on any atom is -0.385 e. The fourth-order valence-corrected chi connectivity index (χ4v) is 3.71. The van der Waals surface area contributed by atoms with Crippen LogP contribution in [-0.4, -0.2) is 11.5 Å². The predicted octanol–water partition coefficient (Wildman–Crippen LogP) is 4.63. The molecule has 2 heterocycles. The third-order valence-electron chi connectivity index (χ3n) is 3.83. The van der Waals surface area contributed by atoms with Crippen LogP contribution in [0.25, 0.3) is 20.8 Å². The molecule has 2 nitrogen and oxygen atoms in total. The summed E-state index contributed by atoms with van der Waals surface area (Å²) in [6, 6.07) is 13.2. The number of fused-ring (bicyclic) bond motifs is 2. The molecule has 1 aromatic heterocycles. The lowest BCUT2D eigenvalue weighted by Gasteiger charge is -2.18. The maximum absolute atomic E-state index is 4.79. The summed E-state index contributed by atoms with van der Waals surface area (Å²) in [5.41, 5.74) is 6.33. The van der Waals surface area contributed by atoms with Crippen molar-refractivity contribution in [2.75, 3.05) is 11.9 Å². The Morgan fingerprint density at radius 1 is 1.15 bits per heavy atom. The van der Waals surface area contributed by atoms with Gasteiger partial charge in [-0.25, -0.2) is 4.98 Å². The Kier molecular flexibility index (Phi) is 2.74. The van der Waals surface area contributed by atoms with Gasteiger partial charge in [0.2, 0.25) is 0 Å². The van der Waals surface area contributed by atoms with E-state index in [1.54, 1.807) is 11.3 Å². The van der Waals surface area contributed by atoms with E-state index in [0.29, 0.717) is 0 Å². The van der Waals surface area contributed by atoms with Crippen LogP contribution in [0.5, 0.6) is 0 Å². The molecule has 0 spiro atoms. The number of nitrogens with zero attached hydrogens (tertiary/aromatic N) is 1. The third kappa shape index (κ3) is 1.98. The number of nitrogens with one attached hydrogen (secondary N) is 1. The van der Waals surface area contributed by atoms with Gasteiger partial charge in [-0.15, -0.1) is 11.3 Å². The van der Waals surface area contributed by atoms with Crippen molar-refractivity contribution in [3.63, 3.8) is 0 Å². The van der Waals surface area contributed by atoms with Crippen LogP contribution in [0.1, 0.15) is 17.5 Å². The molecule has 2 aromatic carbocycles. The molecule has 0 amide bonds. The SMILES string of the molecule is Cc1ccc2sc(-c3ccc4c(c3)CCCN4)nc2c1. The van der Waals surface area contributed by atoms with Crippen LogP contribution in [0.3, 0.4) is 0 Å². The molecule has 0 bridgehead atoms. The lowest BCUT2D eigenvalue weighted by atomic mass is 10.0. The molecule has 1 aliphatic rings. The monoisotopic (exact) mass is 280 g/mol. The van der Waals surface area contributed by atoms with E-state index in [1.807, 2.05) is 0 Å². The van der Waals surface area contributed by atoms with E-state index in [4.69, 9.17) is 4.98 Å². The van der Waals surface area contributed by atoms with Gasteiger partial charge in [-0.3, -0.25) is 0 Å². The maximum Gasteiger partial charge on any atom is 0.124 e. The zero-order valence-corrected chi connectivity index (χ0v) is 12.3. The summed E-state index contributed by atoms with van der Waals surface area (Å²) in [6.45, 7) is 3.20. The van der Waals surface area contributed by atoms with E-state index in [0.717, 1.165) is 17.1 Å². The van der Waals surface area contributed by atoms with E-state index >= 15 is 0 Å². The number of benzene rings is 2. The summed E-state index contributed by atoms with van der Waals surface area (Å²) in [7, 11) is 0. The minimum atomic E-state index is 1.09. The highest BCUT2D eigenvalue weighted by atomic mass is 32.1. The average Bonchev–Trinajstić information content (AvgIpc) is 2.89. The maximum atomic E-state index is 4.79. The highest BCUT2D eigenvalue weighted by molar-refractivity contribution is 7.21. The molecular formula is C17H16N2S. The number of hydrogen-bond acceptors (Lipinski definition) is 3. The van der Waals surface area contributed by atoms with E-state index in [1.165, 1.54) is 39.9 Å². The van der Waals surface area contributed by atoms with Gasteiger partial charge in [0.15, 0.2) is 0 Å². The summed E-state index contributed by atoms with van der Waals surface area (Å²) in [5.74, 6) is 0. The van der Waals surface area contributed by atoms with Crippen LogP contribution >= 0.6 is 11.3 Å². The largest absolute Gasteiger partial charge is 0.385 e. The van der Waals surface area contributed by atoms with Crippen molar-refractivity contribution >= 4 is 27.2 Å². The number of aromatic nitrogens is 1. The zero-order chi connectivity index (χ0) is 13.5. The molecule has 3 heteroatoms. The van der Waals surface area contributed by atoms with Crippen LogP contribution in [0, 0.1) is 6.92 Å². The van der Waals surface area contributed by atoms with Crippen molar-refractivity contribution in [1.29, 1.82) is 0 Å². The average molecular weight is 280 g/mol. The highest BCUT2D eigenvalue weighted by Gasteiger charge is 2.12. The van der Waals surface area contributed by atoms with Crippen LogP contribution in [-0.2, 0) is 6.42 Å². The first kappa shape index (κ1) is 11.9. The Balaban J connectivity index is 1.82. The lowest BCUT2D eigenvalue weighted by Crippen LogP contribution is -2.11. The number of anilines is 1. The Hall–Kier alpha value is -1.87. The van der Waals surface area contributed by atoms with Crippen molar-refractivity contribution < 1.29 is 0 Å². The van der Waals surface area contributed by atoms with Crippen LogP contribution in [0.15, 0.2) is 36.4 Å². The molecule has 0 aliphatic carbocycles. The van der Waals surface area contributed by atoms with Crippen molar-refractivity contribution in [2.24, 2.45) is 0 Å². The van der Waals surface area contributed by atoms with Crippen molar-refractivity contribution in [2.45, 2.75) is 19.8 Å². The fraction of sp³-hybridized carbons (Fsp3) is 0.235. The molecule has 100 valence electrons. The van der Waals surface area contributed by atoms with Gasteiger partial charge in [-0.2, -0.15) is 0 Å². The predicted molar refractivity (Wildman–Crippen MR) is 86.6 cm³/mol. The van der Waals surface area contributed by atoms with Crippen molar-refractivity contribution in [3.8, 4) is 10.6 Å². The zero-order valence-electron chi connectivity index (χ0n) is 11.4. The number of thiazole rings is 1. The molecule has 0 saturated carbocycles. The fourth-order valence-electron chi connectivity index (χ4n) is 2.77. The molecule has 0 radical (unpaired) electrons. The first-order valence-electron chi connectivity index (χ1n) is 7.04. The lowest BCUT2D eigenvalue weighted by molar-refractivity contribution is 0.830. The Labute approximate surface area is 122 Å². The minimum absolute atomic E-state index is 1.09.